The van der Waals surface area contributed by atoms with E-state index >= 15 is 0 Å². The number of unbranched alkanes of at least 4 members (excludes halogenated alkanes) is 1. The minimum absolute atomic E-state index is 0.795. The van der Waals surface area contributed by atoms with Gasteiger partial charge in [-0.25, -0.2) is 0 Å². The molecule has 96 valence electrons. The molecule has 18 heavy (non-hydrogen) atoms. The van der Waals surface area contributed by atoms with Gasteiger partial charge in [-0.3, -0.25) is 9.98 Å². The van der Waals surface area contributed by atoms with Crippen LogP contribution < -0.4 is 5.32 Å². The van der Waals surface area contributed by atoms with Gasteiger partial charge in [-0.1, -0.05) is 43.7 Å². The van der Waals surface area contributed by atoms with Gasteiger partial charge >= 0.3 is 0 Å². The monoisotopic (exact) mass is 243 g/mol. The fourth-order valence-electron chi connectivity index (χ4n) is 1.99. The quantitative estimate of drug-likeness (QED) is 0.811. The van der Waals surface area contributed by atoms with Gasteiger partial charge in [-0.15, -0.1) is 0 Å². The molecule has 1 aliphatic heterocycles. The van der Waals surface area contributed by atoms with Gasteiger partial charge in [-0.05, 0) is 12.0 Å². The second-order valence-corrected chi connectivity index (χ2v) is 4.48. The fourth-order valence-corrected chi connectivity index (χ4v) is 1.99. The minimum Gasteiger partial charge on any atom is -0.374 e. The molecule has 0 atom stereocenters. The molecule has 3 heteroatoms. The van der Waals surface area contributed by atoms with E-state index in [1.54, 1.807) is 0 Å². The van der Waals surface area contributed by atoms with Gasteiger partial charge in [0, 0.05) is 18.7 Å². The summed E-state index contributed by atoms with van der Waals surface area (Å²) in [6, 6.07) is 10.4. The maximum Gasteiger partial charge on any atom is 0.102 e. The number of nitrogens with zero attached hydrogens (tertiary/aromatic N) is 2. The Morgan fingerprint density at radius 2 is 1.89 bits per heavy atom. The molecule has 0 amide bonds. The molecular weight excluding hydrogens is 222 g/mol. The van der Waals surface area contributed by atoms with Gasteiger partial charge in [0.2, 0.25) is 0 Å². The summed E-state index contributed by atoms with van der Waals surface area (Å²) in [7, 11) is 0. The molecule has 0 radical (unpaired) electrons. The number of nitrogens with one attached hydrogen (secondary N) is 1. The van der Waals surface area contributed by atoms with Crippen LogP contribution in [0.25, 0.3) is 0 Å². The first kappa shape index (κ1) is 12.8. The minimum atomic E-state index is 0.795. The van der Waals surface area contributed by atoms with E-state index in [1.165, 1.54) is 18.4 Å². The summed E-state index contributed by atoms with van der Waals surface area (Å²) in [6.07, 6.45) is 3.23. The van der Waals surface area contributed by atoms with E-state index in [0.29, 0.717) is 0 Å². The van der Waals surface area contributed by atoms with Crippen LogP contribution in [0.1, 0.15) is 31.7 Å². The Labute approximate surface area is 109 Å². The predicted octanol–water partition coefficient (Wildman–Crippen LogP) is 2.67. The lowest BCUT2D eigenvalue weighted by atomic mass is 10.1. The molecule has 0 spiro atoms. The number of aliphatic imine (C=N–C) groups is 2. The van der Waals surface area contributed by atoms with Crippen molar-refractivity contribution in [3.8, 4) is 0 Å². The topological polar surface area (TPSA) is 36.8 Å². The van der Waals surface area contributed by atoms with Crippen LogP contribution in [0, 0.1) is 0 Å². The van der Waals surface area contributed by atoms with Crippen LogP contribution in [0.2, 0.25) is 0 Å². The summed E-state index contributed by atoms with van der Waals surface area (Å²) in [5.74, 6) is 1.09. The average Bonchev–Trinajstić information content (AvgIpc) is 2.66. The van der Waals surface area contributed by atoms with E-state index in [9.17, 15) is 0 Å². The molecule has 0 saturated heterocycles. The van der Waals surface area contributed by atoms with Crippen LogP contribution in [0.5, 0.6) is 0 Å². The molecule has 0 aromatic heterocycles. The fraction of sp³-hybridized carbons (Fsp3) is 0.467. The molecule has 0 bridgehead atoms. The largest absolute Gasteiger partial charge is 0.374 e. The Morgan fingerprint density at radius 3 is 2.67 bits per heavy atom. The highest BCUT2D eigenvalue weighted by molar-refractivity contribution is 6.12. The maximum atomic E-state index is 4.63. The second-order valence-electron chi connectivity index (χ2n) is 4.48. The van der Waals surface area contributed by atoms with Crippen molar-refractivity contribution >= 4 is 11.5 Å². The highest BCUT2D eigenvalue weighted by Crippen LogP contribution is 2.07. The number of benzene rings is 1. The molecule has 1 aliphatic rings. The third kappa shape index (κ3) is 3.69. The van der Waals surface area contributed by atoms with Gasteiger partial charge in [0.05, 0.1) is 13.1 Å². The Kier molecular flexibility index (Phi) is 4.94. The summed E-state index contributed by atoms with van der Waals surface area (Å²) in [4.78, 5) is 9.20. The molecule has 1 heterocycles. The summed E-state index contributed by atoms with van der Waals surface area (Å²) in [5.41, 5.74) is 2.36. The van der Waals surface area contributed by atoms with E-state index in [4.69, 9.17) is 0 Å². The second kappa shape index (κ2) is 6.94. The first-order valence-corrected chi connectivity index (χ1v) is 6.76. The molecule has 1 aromatic rings. The van der Waals surface area contributed by atoms with E-state index in [0.717, 1.165) is 37.6 Å². The first-order valence-electron chi connectivity index (χ1n) is 6.76. The lowest BCUT2D eigenvalue weighted by Gasteiger charge is -2.09. The highest BCUT2D eigenvalue weighted by atomic mass is 15.0. The van der Waals surface area contributed by atoms with Crippen molar-refractivity contribution in [1.82, 2.24) is 5.32 Å². The normalized spacial score (nSPS) is 15.6. The molecule has 0 aliphatic carbocycles. The van der Waals surface area contributed by atoms with Crippen molar-refractivity contribution in [3.63, 3.8) is 0 Å². The van der Waals surface area contributed by atoms with E-state index < -0.39 is 0 Å². The van der Waals surface area contributed by atoms with Crippen molar-refractivity contribution in [2.24, 2.45) is 9.98 Å². The van der Waals surface area contributed by atoms with Crippen LogP contribution in [0.4, 0.5) is 0 Å². The van der Waals surface area contributed by atoms with Gasteiger partial charge in [0.1, 0.15) is 5.84 Å². The zero-order chi connectivity index (χ0) is 12.6. The molecule has 3 nitrogen and oxygen atoms in total. The van der Waals surface area contributed by atoms with Gasteiger partial charge < -0.3 is 5.32 Å². The standard InChI is InChI=1S/C15H21N3/c1-2-3-9-17-15-12-14(16-10-11-18-15)13-7-5-4-6-8-13/h4-8H,2-3,9-12H2,1H3,(H,17,18). The van der Waals surface area contributed by atoms with Gasteiger partial charge in [0.25, 0.3) is 0 Å². The van der Waals surface area contributed by atoms with Crippen LogP contribution >= 0.6 is 0 Å². The lowest BCUT2D eigenvalue weighted by molar-refractivity contribution is 0.749. The SMILES string of the molecule is CCCCNC1=NCCN=C(c2ccccc2)C1. The molecule has 2 rings (SSSR count). The molecule has 0 fully saturated rings. The summed E-state index contributed by atoms with van der Waals surface area (Å²) < 4.78 is 0. The molecule has 0 unspecified atom stereocenters. The summed E-state index contributed by atoms with van der Waals surface area (Å²) in [5, 5.41) is 3.43. The molecule has 1 aromatic carbocycles. The van der Waals surface area contributed by atoms with Crippen LogP contribution in [-0.4, -0.2) is 31.2 Å². The molecular formula is C15H21N3. The maximum absolute atomic E-state index is 4.63. The van der Waals surface area contributed by atoms with Crippen molar-refractivity contribution in [2.75, 3.05) is 19.6 Å². The first-order chi connectivity index (χ1) is 8.90. The third-order valence-corrected chi connectivity index (χ3v) is 3.01. The number of hydrogen-bond donors (Lipinski definition) is 1. The average molecular weight is 243 g/mol. The third-order valence-electron chi connectivity index (χ3n) is 3.01. The molecule has 0 saturated carbocycles. The van der Waals surface area contributed by atoms with E-state index in [2.05, 4.69) is 46.5 Å². The van der Waals surface area contributed by atoms with Crippen molar-refractivity contribution < 1.29 is 0 Å². The van der Waals surface area contributed by atoms with Crippen LogP contribution in [-0.2, 0) is 0 Å². The summed E-state index contributed by atoms with van der Waals surface area (Å²) in [6.45, 7) is 4.80. The van der Waals surface area contributed by atoms with E-state index in [-0.39, 0.29) is 0 Å². The Morgan fingerprint density at radius 1 is 1.11 bits per heavy atom. The van der Waals surface area contributed by atoms with Crippen molar-refractivity contribution in [1.29, 1.82) is 0 Å². The number of amidine groups is 1. The smallest absolute Gasteiger partial charge is 0.102 e. The Bertz CT molecular complexity index is 421. The van der Waals surface area contributed by atoms with Crippen molar-refractivity contribution in [2.45, 2.75) is 26.2 Å². The van der Waals surface area contributed by atoms with Crippen LogP contribution in [0.15, 0.2) is 40.3 Å². The zero-order valence-electron chi connectivity index (χ0n) is 11.0. The number of hydrogen-bond acceptors (Lipinski definition) is 3. The lowest BCUT2D eigenvalue weighted by Crippen LogP contribution is -2.27. The van der Waals surface area contributed by atoms with E-state index in [1.807, 2.05) is 6.07 Å². The Hall–Kier alpha value is -1.64. The summed E-state index contributed by atoms with van der Waals surface area (Å²) >= 11 is 0. The molecule has 1 N–H and O–H groups in total. The number of rotatable bonds is 4. The Balaban J connectivity index is 2.01. The predicted molar refractivity (Wildman–Crippen MR) is 77.7 cm³/mol. The van der Waals surface area contributed by atoms with Crippen molar-refractivity contribution in [3.05, 3.63) is 35.9 Å². The zero-order valence-corrected chi connectivity index (χ0v) is 11.0. The van der Waals surface area contributed by atoms with Crippen LogP contribution in [0.3, 0.4) is 0 Å². The van der Waals surface area contributed by atoms with Gasteiger partial charge in [-0.2, -0.15) is 0 Å². The van der Waals surface area contributed by atoms with Gasteiger partial charge in [0.15, 0.2) is 0 Å². The highest BCUT2D eigenvalue weighted by Gasteiger charge is 2.10.